The Morgan fingerprint density at radius 1 is 1.24 bits per heavy atom. The van der Waals surface area contributed by atoms with Crippen LogP contribution in [0.2, 0.25) is 0 Å². The van der Waals surface area contributed by atoms with Crippen LogP contribution in [0.3, 0.4) is 0 Å². The lowest BCUT2D eigenvalue weighted by atomic mass is 9.94. The summed E-state index contributed by atoms with van der Waals surface area (Å²) in [6.07, 6.45) is 2.57. The van der Waals surface area contributed by atoms with Crippen LogP contribution in [0, 0.1) is 11.8 Å². The van der Waals surface area contributed by atoms with Gasteiger partial charge in [0.15, 0.2) is 5.96 Å². The highest BCUT2D eigenvalue weighted by Gasteiger charge is 2.25. The van der Waals surface area contributed by atoms with E-state index in [1.165, 1.54) is 25.9 Å². The molecular weight excluding hydrogens is 429 g/mol. The molecule has 0 aromatic rings. The summed E-state index contributed by atoms with van der Waals surface area (Å²) >= 11 is 0. The molecule has 0 spiro atoms. The van der Waals surface area contributed by atoms with Crippen LogP contribution >= 0.6 is 24.0 Å². The number of guanidine groups is 1. The van der Waals surface area contributed by atoms with Crippen molar-refractivity contribution < 1.29 is 4.79 Å². The summed E-state index contributed by atoms with van der Waals surface area (Å²) in [5.74, 6) is 2.16. The summed E-state index contributed by atoms with van der Waals surface area (Å²) in [5, 5.41) is 6.66. The number of likely N-dealkylation sites (N-methyl/N-ethyl adjacent to an activating group) is 1. The maximum Gasteiger partial charge on any atom is 0.243 e. The van der Waals surface area contributed by atoms with E-state index < -0.39 is 0 Å². The molecule has 1 atom stereocenters. The van der Waals surface area contributed by atoms with Crippen LogP contribution in [0.1, 0.15) is 40.5 Å². The normalized spacial score (nSPS) is 17.8. The first-order chi connectivity index (χ1) is 11.3. The predicted molar refractivity (Wildman–Crippen MR) is 117 cm³/mol. The van der Waals surface area contributed by atoms with Crippen molar-refractivity contribution in [2.45, 2.75) is 46.6 Å². The maximum absolute atomic E-state index is 11.7. The molecule has 148 valence electrons. The first-order valence-corrected chi connectivity index (χ1v) is 9.31. The lowest BCUT2D eigenvalue weighted by Gasteiger charge is -2.39. The zero-order chi connectivity index (χ0) is 18.1. The Morgan fingerprint density at radius 3 is 2.32 bits per heavy atom. The number of likely N-dealkylation sites (tertiary alicyclic amines) is 1. The molecule has 0 radical (unpaired) electrons. The SMILES string of the molecule is CCNC(=NCC(=O)N(C)C)NCC(C(C)C)N1CCC(C)CC1.I. The average Bonchev–Trinajstić information content (AvgIpc) is 2.53. The van der Waals surface area contributed by atoms with E-state index in [4.69, 9.17) is 0 Å². The summed E-state index contributed by atoms with van der Waals surface area (Å²) in [7, 11) is 3.51. The molecule has 1 heterocycles. The number of halogens is 1. The number of amides is 1. The van der Waals surface area contributed by atoms with Gasteiger partial charge < -0.3 is 15.5 Å². The molecule has 1 amide bonds. The standard InChI is InChI=1S/C18H37N5O.HI/c1-7-19-18(21-13-17(24)22(5)6)20-12-16(14(2)3)23-10-8-15(4)9-11-23;/h14-16H,7-13H2,1-6H3,(H2,19,20,21);1H. The molecule has 1 fully saturated rings. The number of aliphatic imine (C=N–C) groups is 1. The van der Waals surface area contributed by atoms with Crippen LogP contribution in [-0.4, -0.2) is 74.5 Å². The molecule has 0 aromatic carbocycles. The van der Waals surface area contributed by atoms with Crippen molar-refractivity contribution in [3.05, 3.63) is 0 Å². The van der Waals surface area contributed by atoms with Gasteiger partial charge in [-0.05, 0) is 44.7 Å². The van der Waals surface area contributed by atoms with E-state index in [2.05, 4.69) is 41.3 Å². The number of carbonyl (C=O) groups excluding carboxylic acids is 1. The number of hydrogen-bond donors (Lipinski definition) is 2. The highest BCUT2D eigenvalue weighted by molar-refractivity contribution is 14.0. The summed E-state index contributed by atoms with van der Waals surface area (Å²) < 4.78 is 0. The molecule has 0 bridgehead atoms. The maximum atomic E-state index is 11.7. The summed E-state index contributed by atoms with van der Waals surface area (Å²) in [6, 6.07) is 0.492. The third kappa shape index (κ3) is 9.08. The van der Waals surface area contributed by atoms with Crippen molar-refractivity contribution in [3.63, 3.8) is 0 Å². The quantitative estimate of drug-likeness (QED) is 0.342. The summed E-state index contributed by atoms with van der Waals surface area (Å²) in [4.78, 5) is 20.3. The number of hydrogen-bond acceptors (Lipinski definition) is 3. The molecule has 1 rings (SSSR count). The Kier molecular flexibility index (Phi) is 12.4. The van der Waals surface area contributed by atoms with Crippen molar-refractivity contribution >= 4 is 35.8 Å². The van der Waals surface area contributed by atoms with Crippen LogP contribution in [-0.2, 0) is 4.79 Å². The lowest BCUT2D eigenvalue weighted by Crippen LogP contribution is -2.51. The van der Waals surface area contributed by atoms with Crippen LogP contribution in [0.4, 0.5) is 0 Å². The number of nitrogens with one attached hydrogen (secondary N) is 2. The van der Waals surface area contributed by atoms with Gasteiger partial charge >= 0.3 is 0 Å². The number of nitrogens with zero attached hydrogens (tertiary/aromatic N) is 3. The smallest absolute Gasteiger partial charge is 0.243 e. The molecular formula is C18H38IN5O. The number of piperidine rings is 1. The third-order valence-electron chi connectivity index (χ3n) is 4.75. The molecule has 6 nitrogen and oxygen atoms in total. The Labute approximate surface area is 171 Å². The summed E-state index contributed by atoms with van der Waals surface area (Å²) in [6.45, 7) is 13.1. The minimum atomic E-state index is 0. The van der Waals surface area contributed by atoms with Crippen LogP contribution in [0.5, 0.6) is 0 Å². The van der Waals surface area contributed by atoms with E-state index in [1.807, 2.05) is 6.92 Å². The zero-order valence-corrected chi connectivity index (χ0v) is 19.2. The van der Waals surface area contributed by atoms with Crippen LogP contribution in [0.15, 0.2) is 4.99 Å². The molecule has 1 saturated heterocycles. The fourth-order valence-corrected chi connectivity index (χ4v) is 2.98. The van der Waals surface area contributed by atoms with Crippen molar-refractivity contribution in [3.8, 4) is 0 Å². The van der Waals surface area contributed by atoms with Gasteiger partial charge in [0.2, 0.25) is 5.91 Å². The fraction of sp³-hybridized carbons (Fsp3) is 0.889. The van der Waals surface area contributed by atoms with Gasteiger partial charge in [-0.15, -0.1) is 24.0 Å². The molecule has 25 heavy (non-hydrogen) atoms. The molecule has 1 unspecified atom stereocenters. The number of rotatable bonds is 7. The van der Waals surface area contributed by atoms with Crippen molar-refractivity contribution in [2.75, 3.05) is 46.8 Å². The van der Waals surface area contributed by atoms with E-state index >= 15 is 0 Å². The highest BCUT2D eigenvalue weighted by atomic mass is 127. The second-order valence-electron chi connectivity index (χ2n) is 7.39. The molecule has 0 aliphatic carbocycles. The van der Waals surface area contributed by atoms with Gasteiger partial charge in [-0.1, -0.05) is 20.8 Å². The first-order valence-electron chi connectivity index (χ1n) is 9.31. The van der Waals surface area contributed by atoms with Crippen LogP contribution < -0.4 is 10.6 Å². The Balaban J connectivity index is 0.00000576. The van der Waals surface area contributed by atoms with E-state index in [9.17, 15) is 4.79 Å². The first kappa shape index (κ1) is 24.4. The van der Waals surface area contributed by atoms with Gasteiger partial charge in [0.1, 0.15) is 6.54 Å². The highest BCUT2D eigenvalue weighted by Crippen LogP contribution is 2.20. The van der Waals surface area contributed by atoms with E-state index in [0.717, 1.165) is 25.0 Å². The minimum Gasteiger partial charge on any atom is -0.357 e. The van der Waals surface area contributed by atoms with E-state index in [-0.39, 0.29) is 36.4 Å². The van der Waals surface area contributed by atoms with Gasteiger partial charge in [-0.3, -0.25) is 9.69 Å². The van der Waals surface area contributed by atoms with E-state index in [0.29, 0.717) is 12.0 Å². The number of carbonyl (C=O) groups is 1. The summed E-state index contributed by atoms with van der Waals surface area (Å²) in [5.41, 5.74) is 0. The van der Waals surface area contributed by atoms with E-state index in [1.54, 1.807) is 19.0 Å². The van der Waals surface area contributed by atoms with Gasteiger partial charge in [0.25, 0.3) is 0 Å². The molecule has 1 aliphatic rings. The van der Waals surface area contributed by atoms with Crippen molar-refractivity contribution in [1.82, 2.24) is 20.4 Å². The second-order valence-corrected chi connectivity index (χ2v) is 7.39. The molecule has 7 heteroatoms. The molecule has 0 saturated carbocycles. The van der Waals surface area contributed by atoms with Gasteiger partial charge in [0.05, 0.1) is 0 Å². The van der Waals surface area contributed by atoms with Gasteiger partial charge in [-0.2, -0.15) is 0 Å². The zero-order valence-electron chi connectivity index (χ0n) is 16.8. The molecule has 0 aromatic heterocycles. The molecule has 2 N–H and O–H groups in total. The monoisotopic (exact) mass is 467 g/mol. The third-order valence-corrected chi connectivity index (χ3v) is 4.75. The predicted octanol–water partition coefficient (Wildman–Crippen LogP) is 2.00. The molecule has 1 aliphatic heterocycles. The Bertz CT molecular complexity index is 406. The van der Waals surface area contributed by atoms with Crippen molar-refractivity contribution in [2.24, 2.45) is 16.8 Å². The lowest BCUT2D eigenvalue weighted by molar-refractivity contribution is -0.127. The van der Waals surface area contributed by atoms with Crippen LogP contribution in [0.25, 0.3) is 0 Å². The minimum absolute atomic E-state index is 0. The second kappa shape index (κ2) is 12.7. The van der Waals surface area contributed by atoms with Gasteiger partial charge in [-0.25, -0.2) is 4.99 Å². The largest absolute Gasteiger partial charge is 0.357 e. The fourth-order valence-electron chi connectivity index (χ4n) is 2.98. The Hall–Kier alpha value is -0.570. The van der Waals surface area contributed by atoms with Crippen molar-refractivity contribution in [1.29, 1.82) is 0 Å². The van der Waals surface area contributed by atoms with Gasteiger partial charge in [0, 0.05) is 33.2 Å². The average molecular weight is 467 g/mol. The topological polar surface area (TPSA) is 60.0 Å². The Morgan fingerprint density at radius 2 is 1.84 bits per heavy atom.